The lowest BCUT2D eigenvalue weighted by molar-refractivity contribution is -0.142. The predicted octanol–water partition coefficient (Wildman–Crippen LogP) is 1.89. The lowest BCUT2D eigenvalue weighted by Gasteiger charge is -2.15. The molecule has 1 aromatic carbocycles. The lowest BCUT2D eigenvalue weighted by Crippen LogP contribution is -2.13. The maximum Gasteiger partial charge on any atom is 0.343 e. The Kier molecular flexibility index (Phi) is 6.19. The molecule has 0 atom stereocenters. The van der Waals surface area contributed by atoms with Crippen molar-refractivity contribution in [3.05, 3.63) is 22.2 Å². The first-order chi connectivity index (χ1) is 12.4. The molecule has 1 aromatic heterocycles. The Labute approximate surface area is 158 Å². The number of anilines is 2. The van der Waals surface area contributed by atoms with Gasteiger partial charge in [0.1, 0.15) is 17.5 Å². The second-order valence-electron chi connectivity index (χ2n) is 4.88. The molecule has 0 fully saturated rings. The summed E-state index contributed by atoms with van der Waals surface area (Å²) in [6.45, 7) is 1.88. The average molecular weight is 422 g/mol. The van der Waals surface area contributed by atoms with Crippen LogP contribution in [0, 0.1) is 11.3 Å². The van der Waals surface area contributed by atoms with Crippen LogP contribution in [0.15, 0.2) is 16.6 Å². The highest BCUT2D eigenvalue weighted by Crippen LogP contribution is 2.40. The monoisotopic (exact) mass is 421 g/mol. The number of nitrogen functional groups attached to an aromatic ring is 2. The smallest absolute Gasteiger partial charge is 0.343 e. The van der Waals surface area contributed by atoms with E-state index in [4.69, 9.17) is 20.9 Å². The number of methoxy groups -OCH3 is 1. The fourth-order valence-corrected chi connectivity index (χ4v) is 2.60. The Balaban J connectivity index is 2.57. The molecule has 0 saturated heterocycles. The van der Waals surface area contributed by atoms with Gasteiger partial charge < -0.3 is 25.7 Å². The van der Waals surface area contributed by atoms with Crippen molar-refractivity contribution in [3.8, 4) is 28.8 Å². The summed E-state index contributed by atoms with van der Waals surface area (Å²) < 4.78 is 16.1. The van der Waals surface area contributed by atoms with Crippen molar-refractivity contribution in [1.82, 2.24) is 9.97 Å². The van der Waals surface area contributed by atoms with E-state index < -0.39 is 5.97 Å². The molecule has 0 aliphatic rings. The predicted molar refractivity (Wildman–Crippen MR) is 97.4 cm³/mol. The summed E-state index contributed by atoms with van der Waals surface area (Å²) in [7, 11) is 1.27. The second-order valence-corrected chi connectivity index (χ2v) is 5.73. The highest BCUT2D eigenvalue weighted by molar-refractivity contribution is 9.10. The summed E-state index contributed by atoms with van der Waals surface area (Å²) in [5, 5.41) is 9.37. The van der Waals surface area contributed by atoms with Crippen molar-refractivity contribution >= 4 is 33.7 Å². The van der Waals surface area contributed by atoms with Crippen LogP contribution < -0.4 is 20.9 Å². The topological polar surface area (TPSA) is 146 Å². The van der Waals surface area contributed by atoms with Gasteiger partial charge in [0.25, 0.3) is 0 Å². The van der Waals surface area contributed by atoms with E-state index in [1.807, 2.05) is 6.07 Å². The van der Waals surface area contributed by atoms with E-state index in [1.54, 1.807) is 19.1 Å². The van der Waals surface area contributed by atoms with Crippen LogP contribution in [-0.2, 0) is 9.53 Å². The van der Waals surface area contributed by atoms with Gasteiger partial charge in [-0.15, -0.1) is 0 Å². The number of carbonyl (C=O) groups is 1. The van der Waals surface area contributed by atoms with Gasteiger partial charge in [-0.05, 0) is 35.0 Å². The van der Waals surface area contributed by atoms with Crippen molar-refractivity contribution in [2.75, 3.05) is 31.8 Å². The molecule has 26 heavy (non-hydrogen) atoms. The van der Waals surface area contributed by atoms with Crippen molar-refractivity contribution < 1.29 is 19.0 Å². The largest absolute Gasteiger partial charge is 0.490 e. The minimum absolute atomic E-state index is 0.0223. The summed E-state index contributed by atoms with van der Waals surface area (Å²) in [5.41, 5.74) is 12.3. The Morgan fingerprint density at radius 1 is 1.27 bits per heavy atom. The molecule has 0 amide bonds. The van der Waals surface area contributed by atoms with E-state index in [-0.39, 0.29) is 29.6 Å². The Morgan fingerprint density at radius 2 is 1.96 bits per heavy atom. The molecule has 10 heteroatoms. The third-order valence-corrected chi connectivity index (χ3v) is 3.88. The number of hydrogen-bond donors (Lipinski definition) is 2. The van der Waals surface area contributed by atoms with Gasteiger partial charge in [0.2, 0.25) is 5.95 Å². The van der Waals surface area contributed by atoms with Gasteiger partial charge in [0.15, 0.2) is 18.1 Å². The number of nitriles is 1. The molecule has 0 radical (unpaired) electrons. The van der Waals surface area contributed by atoms with Crippen LogP contribution in [0.25, 0.3) is 11.3 Å². The fourth-order valence-electron chi connectivity index (χ4n) is 2.09. The molecule has 9 nitrogen and oxygen atoms in total. The van der Waals surface area contributed by atoms with Crippen molar-refractivity contribution in [2.24, 2.45) is 0 Å². The Morgan fingerprint density at radius 3 is 2.58 bits per heavy atom. The molecule has 4 N–H and O–H groups in total. The molecular formula is C16H16BrN5O4. The lowest BCUT2D eigenvalue weighted by atomic mass is 10.1. The number of aromatic nitrogens is 2. The van der Waals surface area contributed by atoms with Gasteiger partial charge in [-0.1, -0.05) is 0 Å². The van der Waals surface area contributed by atoms with E-state index in [2.05, 4.69) is 30.6 Å². The zero-order chi connectivity index (χ0) is 19.3. The number of rotatable bonds is 6. The molecule has 0 unspecified atom stereocenters. The Hall–Kier alpha value is -3.06. The number of hydrogen-bond acceptors (Lipinski definition) is 9. The molecule has 0 bridgehead atoms. The van der Waals surface area contributed by atoms with Crippen molar-refractivity contribution in [3.63, 3.8) is 0 Å². The fraction of sp³-hybridized carbons (Fsp3) is 0.250. The van der Waals surface area contributed by atoms with Crippen LogP contribution in [0.2, 0.25) is 0 Å². The SMILES string of the molecule is CCOc1cc(-c2nc(N)nc(N)c2C#N)c(Br)cc1OCC(=O)OC. The summed E-state index contributed by atoms with van der Waals surface area (Å²) >= 11 is 3.40. The van der Waals surface area contributed by atoms with Gasteiger partial charge >= 0.3 is 5.97 Å². The highest BCUT2D eigenvalue weighted by Gasteiger charge is 2.19. The molecule has 0 aliphatic heterocycles. The highest BCUT2D eigenvalue weighted by atomic mass is 79.9. The van der Waals surface area contributed by atoms with Crippen molar-refractivity contribution in [2.45, 2.75) is 6.92 Å². The number of ether oxygens (including phenoxy) is 3. The number of esters is 1. The van der Waals surface area contributed by atoms with Crippen LogP contribution in [-0.4, -0.2) is 36.3 Å². The number of carbonyl (C=O) groups excluding carboxylic acids is 1. The minimum atomic E-state index is -0.532. The molecule has 0 spiro atoms. The van der Waals surface area contributed by atoms with Crippen LogP contribution in [0.1, 0.15) is 12.5 Å². The second kappa shape index (κ2) is 8.35. The number of benzene rings is 1. The van der Waals surface area contributed by atoms with E-state index in [1.165, 1.54) is 7.11 Å². The summed E-state index contributed by atoms with van der Waals surface area (Å²) in [5.74, 6) is 0.0599. The van der Waals surface area contributed by atoms with E-state index >= 15 is 0 Å². The first-order valence-electron chi connectivity index (χ1n) is 7.40. The first kappa shape index (κ1) is 19.3. The molecule has 0 saturated carbocycles. The maximum atomic E-state index is 11.3. The molecule has 136 valence electrons. The summed E-state index contributed by atoms with van der Waals surface area (Å²) in [6.07, 6.45) is 0. The molecule has 1 heterocycles. The van der Waals surface area contributed by atoms with Gasteiger partial charge in [0, 0.05) is 10.0 Å². The number of halogens is 1. The number of nitrogens with two attached hydrogens (primary N) is 2. The van der Waals surface area contributed by atoms with Crippen LogP contribution in [0.5, 0.6) is 11.5 Å². The van der Waals surface area contributed by atoms with E-state index in [0.29, 0.717) is 28.1 Å². The van der Waals surface area contributed by atoms with Crippen LogP contribution >= 0.6 is 15.9 Å². The van der Waals surface area contributed by atoms with E-state index in [0.717, 1.165) is 0 Å². The third-order valence-electron chi connectivity index (χ3n) is 3.23. The van der Waals surface area contributed by atoms with Crippen LogP contribution in [0.3, 0.4) is 0 Å². The van der Waals surface area contributed by atoms with Gasteiger partial charge in [-0.3, -0.25) is 0 Å². The van der Waals surface area contributed by atoms with Gasteiger partial charge in [-0.2, -0.15) is 10.2 Å². The van der Waals surface area contributed by atoms with Crippen molar-refractivity contribution in [1.29, 1.82) is 5.26 Å². The first-order valence-corrected chi connectivity index (χ1v) is 8.19. The summed E-state index contributed by atoms with van der Waals surface area (Å²) in [6, 6.07) is 5.18. The number of nitrogens with zero attached hydrogens (tertiary/aromatic N) is 3. The molecule has 2 rings (SSSR count). The quantitative estimate of drug-likeness (QED) is 0.666. The molecule has 0 aliphatic carbocycles. The Bertz CT molecular complexity index is 882. The van der Waals surface area contributed by atoms with Crippen LogP contribution in [0.4, 0.5) is 11.8 Å². The zero-order valence-electron chi connectivity index (χ0n) is 14.1. The summed E-state index contributed by atoms with van der Waals surface area (Å²) in [4.78, 5) is 19.2. The normalized spacial score (nSPS) is 10.1. The molecule has 2 aromatic rings. The third kappa shape index (κ3) is 4.12. The average Bonchev–Trinajstić information content (AvgIpc) is 2.60. The zero-order valence-corrected chi connectivity index (χ0v) is 15.7. The van der Waals surface area contributed by atoms with Gasteiger partial charge in [-0.25, -0.2) is 9.78 Å². The molecular weight excluding hydrogens is 406 g/mol. The minimum Gasteiger partial charge on any atom is -0.490 e. The van der Waals surface area contributed by atoms with Gasteiger partial charge in [0.05, 0.1) is 19.4 Å². The maximum absolute atomic E-state index is 11.3. The van der Waals surface area contributed by atoms with E-state index in [9.17, 15) is 10.1 Å². The standard InChI is InChI=1S/C16H16BrN5O4/c1-3-25-11-4-8(10(17)5-12(11)26-7-13(23)24-2)14-9(6-18)15(19)22-16(20)21-14/h4-5H,3,7H2,1-2H3,(H4,19,20,21,22).